The Labute approximate surface area is 115 Å². The summed E-state index contributed by atoms with van der Waals surface area (Å²) in [6.45, 7) is 0. The van der Waals surface area contributed by atoms with Crippen LogP contribution in [0.1, 0.15) is 10.4 Å². The quantitative estimate of drug-likeness (QED) is 0.560. The number of amides is 1. The van der Waals surface area contributed by atoms with E-state index >= 15 is 0 Å². The van der Waals surface area contributed by atoms with Crippen LogP contribution in [0, 0.1) is 0 Å². The zero-order valence-electron chi connectivity index (χ0n) is 10.3. The molecule has 0 unspecified atom stereocenters. The number of hydrogen-bond donors (Lipinski definition) is 3. The number of nitrogens with zero attached hydrogens (tertiary/aromatic N) is 1. The lowest BCUT2D eigenvalue weighted by molar-refractivity contribution is 0.102. The number of carbonyl (C=O) groups is 1. The molecule has 7 nitrogen and oxygen atoms in total. The van der Waals surface area contributed by atoms with Gasteiger partial charge < -0.3 is 5.32 Å². The zero-order chi connectivity index (χ0) is 14.6. The maximum Gasteiger partial charge on any atom is 0.255 e. The molecule has 0 saturated carbocycles. The lowest BCUT2D eigenvalue weighted by Crippen LogP contribution is -2.30. The number of benzene rings is 1. The molecule has 0 bridgehead atoms. The van der Waals surface area contributed by atoms with Gasteiger partial charge in [-0.25, -0.2) is 8.42 Å². The van der Waals surface area contributed by atoms with Crippen molar-refractivity contribution in [3.63, 3.8) is 0 Å². The summed E-state index contributed by atoms with van der Waals surface area (Å²) in [5.41, 5.74) is 0.933. The van der Waals surface area contributed by atoms with Crippen molar-refractivity contribution in [1.82, 2.24) is 9.82 Å². The average Bonchev–Trinajstić information content (AvgIpc) is 2.48. The van der Waals surface area contributed by atoms with Gasteiger partial charge in [-0.1, -0.05) is 0 Å². The van der Waals surface area contributed by atoms with Gasteiger partial charge >= 0.3 is 0 Å². The Morgan fingerprint density at radius 1 is 1.05 bits per heavy atom. The van der Waals surface area contributed by atoms with Crippen LogP contribution >= 0.6 is 0 Å². The number of hydrogen-bond acceptors (Lipinski definition) is 5. The van der Waals surface area contributed by atoms with Crippen LogP contribution < -0.4 is 16.0 Å². The number of hydrazine groups is 1. The van der Waals surface area contributed by atoms with Gasteiger partial charge in [-0.05, 0) is 36.4 Å². The fraction of sp³-hybridized carbons (Fsp3) is 0. The fourth-order valence-electron chi connectivity index (χ4n) is 1.49. The van der Waals surface area contributed by atoms with Crippen molar-refractivity contribution in [1.29, 1.82) is 0 Å². The standard InChI is InChI=1S/C12H12N4O3S/c13-16-20(18,19)11-3-1-10(2-4-11)15-12(17)9-5-7-14-8-6-9/h1-8,16H,13H2,(H,15,17). The van der Waals surface area contributed by atoms with E-state index in [-0.39, 0.29) is 10.8 Å². The minimum atomic E-state index is -3.69. The zero-order valence-corrected chi connectivity index (χ0v) is 11.1. The molecule has 20 heavy (non-hydrogen) atoms. The maximum atomic E-state index is 11.9. The lowest BCUT2D eigenvalue weighted by Gasteiger charge is -2.06. The Kier molecular flexibility index (Phi) is 4.08. The number of nitrogens with one attached hydrogen (secondary N) is 2. The van der Waals surface area contributed by atoms with Gasteiger partial charge in [0, 0.05) is 23.6 Å². The molecule has 0 fully saturated rings. The van der Waals surface area contributed by atoms with Gasteiger partial charge in [-0.2, -0.15) is 4.83 Å². The second-order valence-corrected chi connectivity index (χ2v) is 5.55. The molecular weight excluding hydrogens is 280 g/mol. The molecule has 4 N–H and O–H groups in total. The van der Waals surface area contributed by atoms with Crippen LogP contribution in [0.25, 0.3) is 0 Å². The van der Waals surface area contributed by atoms with Crippen molar-refractivity contribution in [3.05, 3.63) is 54.4 Å². The van der Waals surface area contributed by atoms with E-state index in [0.717, 1.165) is 0 Å². The van der Waals surface area contributed by atoms with Gasteiger partial charge in [0.15, 0.2) is 0 Å². The first-order chi connectivity index (χ1) is 9.53. The molecule has 104 valence electrons. The van der Waals surface area contributed by atoms with Gasteiger partial charge in [0.2, 0.25) is 0 Å². The molecule has 0 aliphatic carbocycles. The molecule has 0 aliphatic heterocycles. The molecule has 0 spiro atoms. The van der Waals surface area contributed by atoms with Crippen molar-refractivity contribution < 1.29 is 13.2 Å². The predicted molar refractivity (Wildman–Crippen MR) is 73.1 cm³/mol. The molecular formula is C12H12N4O3S. The summed E-state index contributed by atoms with van der Waals surface area (Å²) < 4.78 is 22.9. The molecule has 1 amide bonds. The first-order valence-corrected chi connectivity index (χ1v) is 7.05. The van der Waals surface area contributed by atoms with Crippen LogP contribution in [0.15, 0.2) is 53.7 Å². The minimum absolute atomic E-state index is 0.0157. The first-order valence-electron chi connectivity index (χ1n) is 5.57. The smallest absolute Gasteiger partial charge is 0.255 e. The highest BCUT2D eigenvalue weighted by Crippen LogP contribution is 2.14. The van der Waals surface area contributed by atoms with Gasteiger partial charge in [0.25, 0.3) is 15.9 Å². The van der Waals surface area contributed by atoms with Crippen LogP contribution in [0.5, 0.6) is 0 Å². The number of anilines is 1. The minimum Gasteiger partial charge on any atom is -0.322 e. The lowest BCUT2D eigenvalue weighted by atomic mass is 10.2. The van der Waals surface area contributed by atoms with E-state index in [1.54, 1.807) is 17.0 Å². The normalized spacial score (nSPS) is 11.1. The van der Waals surface area contributed by atoms with Crippen molar-refractivity contribution in [2.45, 2.75) is 4.90 Å². The van der Waals surface area contributed by atoms with Crippen LogP contribution in [-0.2, 0) is 10.0 Å². The number of pyridine rings is 1. The molecule has 8 heteroatoms. The van der Waals surface area contributed by atoms with Crippen LogP contribution in [-0.4, -0.2) is 19.3 Å². The third-order valence-electron chi connectivity index (χ3n) is 2.52. The summed E-state index contributed by atoms with van der Waals surface area (Å²) in [6, 6.07) is 8.79. The summed E-state index contributed by atoms with van der Waals surface area (Å²) in [7, 11) is -3.69. The van der Waals surface area contributed by atoms with Gasteiger partial charge in [-0.15, -0.1) is 0 Å². The van der Waals surface area contributed by atoms with Gasteiger partial charge in [0.1, 0.15) is 0 Å². The molecule has 0 radical (unpaired) electrons. The summed E-state index contributed by atoms with van der Waals surface area (Å²) in [4.78, 5) is 17.4. The second kappa shape index (κ2) is 5.78. The maximum absolute atomic E-state index is 11.9. The highest BCUT2D eigenvalue weighted by atomic mass is 32.2. The summed E-state index contributed by atoms with van der Waals surface area (Å²) in [5, 5.41) is 2.64. The number of sulfonamides is 1. The molecule has 2 rings (SSSR count). The Morgan fingerprint density at radius 3 is 2.20 bits per heavy atom. The first kappa shape index (κ1) is 14.1. The van der Waals surface area contributed by atoms with Gasteiger partial charge in [-0.3, -0.25) is 15.6 Å². The van der Waals surface area contributed by atoms with E-state index < -0.39 is 10.0 Å². The van der Waals surface area contributed by atoms with Gasteiger partial charge in [0.05, 0.1) is 4.90 Å². The third kappa shape index (κ3) is 3.18. The molecule has 1 heterocycles. The van der Waals surface area contributed by atoms with Crippen LogP contribution in [0.3, 0.4) is 0 Å². The molecule has 0 atom stereocenters. The molecule has 1 aromatic heterocycles. The summed E-state index contributed by atoms with van der Waals surface area (Å²) >= 11 is 0. The van der Waals surface area contributed by atoms with Crippen molar-refractivity contribution in [3.8, 4) is 0 Å². The largest absolute Gasteiger partial charge is 0.322 e. The monoisotopic (exact) mass is 292 g/mol. The number of aromatic nitrogens is 1. The molecule has 1 aromatic carbocycles. The summed E-state index contributed by atoms with van der Waals surface area (Å²) in [5.74, 6) is 4.61. The Balaban J connectivity index is 2.14. The Bertz CT molecular complexity index is 699. The van der Waals surface area contributed by atoms with E-state index in [4.69, 9.17) is 5.84 Å². The van der Waals surface area contributed by atoms with Crippen molar-refractivity contribution in [2.75, 3.05) is 5.32 Å². The second-order valence-electron chi connectivity index (χ2n) is 3.84. The molecule has 0 saturated heterocycles. The number of rotatable bonds is 4. The van der Waals surface area contributed by atoms with E-state index in [9.17, 15) is 13.2 Å². The van der Waals surface area contributed by atoms with Crippen molar-refractivity contribution in [2.24, 2.45) is 5.84 Å². The number of nitrogens with two attached hydrogens (primary N) is 1. The molecule has 0 aliphatic rings. The van der Waals surface area contributed by atoms with E-state index in [0.29, 0.717) is 11.3 Å². The van der Waals surface area contributed by atoms with E-state index in [1.807, 2.05) is 0 Å². The fourth-order valence-corrected chi connectivity index (χ4v) is 2.12. The van der Waals surface area contributed by atoms with E-state index in [2.05, 4.69) is 10.3 Å². The highest BCUT2D eigenvalue weighted by molar-refractivity contribution is 7.89. The SMILES string of the molecule is NNS(=O)(=O)c1ccc(NC(=O)c2ccncc2)cc1. The predicted octanol–water partition coefficient (Wildman–Crippen LogP) is 0.486. The van der Waals surface area contributed by atoms with E-state index in [1.165, 1.54) is 36.7 Å². The van der Waals surface area contributed by atoms with Crippen LogP contribution in [0.2, 0.25) is 0 Å². The molecule has 2 aromatic rings. The highest BCUT2D eigenvalue weighted by Gasteiger charge is 2.11. The third-order valence-corrected chi connectivity index (χ3v) is 3.72. The average molecular weight is 292 g/mol. The topological polar surface area (TPSA) is 114 Å². The Morgan fingerprint density at radius 2 is 1.65 bits per heavy atom. The van der Waals surface area contributed by atoms with Crippen molar-refractivity contribution >= 4 is 21.6 Å². The number of carbonyl (C=O) groups excluding carboxylic acids is 1. The Hall–Kier alpha value is -2.29. The van der Waals surface area contributed by atoms with Crippen LogP contribution in [0.4, 0.5) is 5.69 Å². The summed E-state index contributed by atoms with van der Waals surface area (Å²) in [6.07, 6.45) is 3.02.